The second-order valence-corrected chi connectivity index (χ2v) is 4.67. The maximum Gasteiger partial charge on any atom is 0.390 e. The number of likely N-dealkylation sites (N-methyl/N-ethyl adjacent to an activating group) is 1. The van der Waals surface area contributed by atoms with Crippen molar-refractivity contribution < 1.29 is 18.3 Å². The molecule has 0 amide bonds. The number of aliphatic hydroxyl groups is 1. The van der Waals surface area contributed by atoms with Gasteiger partial charge in [0.2, 0.25) is 0 Å². The minimum absolute atomic E-state index is 0.00284. The summed E-state index contributed by atoms with van der Waals surface area (Å²) < 4.78 is 36.0. The van der Waals surface area contributed by atoms with Crippen molar-refractivity contribution in [1.29, 1.82) is 0 Å². The first-order valence-electron chi connectivity index (χ1n) is 5.83. The Morgan fingerprint density at radius 2 is 1.71 bits per heavy atom. The van der Waals surface area contributed by atoms with Crippen LogP contribution in [0.1, 0.15) is 26.7 Å². The summed E-state index contributed by atoms with van der Waals surface area (Å²) in [6.07, 6.45) is -4.28. The van der Waals surface area contributed by atoms with Gasteiger partial charge >= 0.3 is 6.18 Å². The molecular weight excluding hydrogens is 233 g/mol. The van der Waals surface area contributed by atoms with Gasteiger partial charge < -0.3 is 15.3 Å². The summed E-state index contributed by atoms with van der Waals surface area (Å²) in [6.45, 7) is 5.03. The molecule has 1 unspecified atom stereocenters. The number of alkyl halides is 3. The number of rotatable bonds is 8. The molecule has 0 aromatic heterocycles. The summed E-state index contributed by atoms with van der Waals surface area (Å²) in [4.78, 5) is 1.64. The van der Waals surface area contributed by atoms with E-state index in [4.69, 9.17) is 0 Å². The Kier molecular flexibility index (Phi) is 7.04. The molecule has 3 nitrogen and oxygen atoms in total. The van der Waals surface area contributed by atoms with Gasteiger partial charge in [0.25, 0.3) is 0 Å². The topological polar surface area (TPSA) is 35.5 Å². The largest absolute Gasteiger partial charge is 0.394 e. The summed E-state index contributed by atoms with van der Waals surface area (Å²) in [7, 11) is 1.66. The van der Waals surface area contributed by atoms with E-state index in [1.807, 2.05) is 13.8 Å². The highest BCUT2D eigenvalue weighted by atomic mass is 19.4. The zero-order valence-corrected chi connectivity index (χ0v) is 10.8. The number of nitrogens with one attached hydrogen (secondary N) is 1. The van der Waals surface area contributed by atoms with Crippen LogP contribution in [-0.2, 0) is 0 Å². The zero-order valence-electron chi connectivity index (χ0n) is 10.8. The summed E-state index contributed by atoms with van der Waals surface area (Å²) in [5.41, 5.74) is -0.415. The van der Waals surface area contributed by atoms with E-state index in [-0.39, 0.29) is 13.2 Å². The average molecular weight is 256 g/mol. The van der Waals surface area contributed by atoms with Crippen LogP contribution < -0.4 is 5.32 Å². The number of halogens is 3. The Balaban J connectivity index is 3.93. The molecule has 0 fully saturated rings. The fraction of sp³-hybridized carbons (Fsp3) is 1.00. The fourth-order valence-electron chi connectivity index (χ4n) is 1.52. The van der Waals surface area contributed by atoms with Gasteiger partial charge in [-0.2, -0.15) is 13.2 Å². The minimum Gasteiger partial charge on any atom is -0.394 e. The standard InChI is InChI=1S/C11H23F3N2O/c1-4-15-10(2,9-17)5-7-16(3)8-6-11(12,13)14/h15,17H,4-9H2,1-3H3. The summed E-state index contributed by atoms with van der Waals surface area (Å²) in [5.74, 6) is 0. The van der Waals surface area contributed by atoms with E-state index in [1.165, 1.54) is 0 Å². The number of aliphatic hydroxyl groups excluding tert-OH is 1. The minimum atomic E-state index is -4.10. The molecule has 0 radical (unpaired) electrons. The lowest BCUT2D eigenvalue weighted by Gasteiger charge is -2.30. The molecule has 0 aliphatic rings. The second-order valence-electron chi connectivity index (χ2n) is 4.67. The van der Waals surface area contributed by atoms with Gasteiger partial charge in [-0.1, -0.05) is 6.92 Å². The highest BCUT2D eigenvalue weighted by Crippen LogP contribution is 2.19. The highest BCUT2D eigenvalue weighted by Gasteiger charge is 2.28. The van der Waals surface area contributed by atoms with Gasteiger partial charge in [-0.05, 0) is 33.5 Å². The van der Waals surface area contributed by atoms with E-state index >= 15 is 0 Å². The molecule has 6 heteroatoms. The van der Waals surface area contributed by atoms with Crippen molar-refractivity contribution in [1.82, 2.24) is 10.2 Å². The molecule has 0 aromatic rings. The van der Waals surface area contributed by atoms with Crippen molar-refractivity contribution in [3.63, 3.8) is 0 Å². The summed E-state index contributed by atoms with van der Waals surface area (Å²) in [5, 5.41) is 12.4. The lowest BCUT2D eigenvalue weighted by atomic mass is 9.98. The summed E-state index contributed by atoms with van der Waals surface area (Å²) >= 11 is 0. The van der Waals surface area contributed by atoms with Crippen molar-refractivity contribution in [2.75, 3.05) is 33.3 Å². The molecule has 0 aromatic carbocycles. The monoisotopic (exact) mass is 256 g/mol. The Hall–Kier alpha value is -0.330. The van der Waals surface area contributed by atoms with Gasteiger partial charge in [-0.15, -0.1) is 0 Å². The van der Waals surface area contributed by atoms with Gasteiger partial charge in [-0.25, -0.2) is 0 Å². The van der Waals surface area contributed by atoms with Gasteiger partial charge in [0, 0.05) is 12.1 Å². The van der Waals surface area contributed by atoms with Crippen molar-refractivity contribution >= 4 is 0 Å². The molecule has 0 heterocycles. The van der Waals surface area contributed by atoms with Crippen molar-refractivity contribution in [2.24, 2.45) is 0 Å². The molecule has 0 rings (SSSR count). The first kappa shape index (κ1) is 16.7. The molecule has 0 saturated carbocycles. The van der Waals surface area contributed by atoms with E-state index in [9.17, 15) is 18.3 Å². The molecule has 0 aliphatic heterocycles. The van der Waals surface area contributed by atoms with Crippen LogP contribution in [-0.4, -0.2) is 55.0 Å². The molecule has 2 N–H and O–H groups in total. The van der Waals surface area contributed by atoms with Crippen LogP contribution in [0.4, 0.5) is 13.2 Å². The molecule has 17 heavy (non-hydrogen) atoms. The SMILES string of the molecule is CCNC(C)(CO)CCN(C)CCC(F)(F)F. The lowest BCUT2D eigenvalue weighted by Crippen LogP contribution is -2.47. The van der Waals surface area contributed by atoms with Crippen LogP contribution in [0, 0.1) is 0 Å². The Bertz CT molecular complexity index is 211. The predicted octanol–water partition coefficient (Wildman–Crippen LogP) is 1.62. The third-order valence-electron chi connectivity index (χ3n) is 2.77. The third kappa shape index (κ3) is 8.40. The van der Waals surface area contributed by atoms with Gasteiger partial charge in [-0.3, -0.25) is 0 Å². The number of nitrogens with zero attached hydrogens (tertiary/aromatic N) is 1. The Morgan fingerprint density at radius 1 is 1.18 bits per heavy atom. The van der Waals surface area contributed by atoms with Gasteiger partial charge in [0.05, 0.1) is 13.0 Å². The smallest absolute Gasteiger partial charge is 0.390 e. The quantitative estimate of drug-likeness (QED) is 0.693. The maximum atomic E-state index is 12.0. The Labute approximate surface area is 101 Å². The Morgan fingerprint density at radius 3 is 2.12 bits per heavy atom. The molecule has 0 aliphatic carbocycles. The normalized spacial score (nSPS) is 16.2. The van der Waals surface area contributed by atoms with Crippen LogP contribution in [0.3, 0.4) is 0 Å². The van der Waals surface area contributed by atoms with E-state index in [2.05, 4.69) is 5.32 Å². The number of hydrogen-bond donors (Lipinski definition) is 2. The molecule has 0 spiro atoms. The zero-order chi connectivity index (χ0) is 13.5. The van der Waals surface area contributed by atoms with Crippen LogP contribution in [0.15, 0.2) is 0 Å². The maximum absolute atomic E-state index is 12.0. The molecule has 0 saturated heterocycles. The van der Waals surface area contributed by atoms with E-state index in [0.717, 1.165) is 6.54 Å². The van der Waals surface area contributed by atoms with E-state index in [1.54, 1.807) is 11.9 Å². The van der Waals surface area contributed by atoms with Crippen molar-refractivity contribution in [3.05, 3.63) is 0 Å². The van der Waals surface area contributed by atoms with E-state index < -0.39 is 18.1 Å². The van der Waals surface area contributed by atoms with Crippen LogP contribution >= 0.6 is 0 Å². The van der Waals surface area contributed by atoms with Crippen LogP contribution in [0.25, 0.3) is 0 Å². The fourth-order valence-corrected chi connectivity index (χ4v) is 1.52. The molecule has 104 valence electrons. The van der Waals surface area contributed by atoms with E-state index in [0.29, 0.717) is 13.0 Å². The highest BCUT2D eigenvalue weighted by molar-refractivity contribution is 4.82. The van der Waals surface area contributed by atoms with Crippen molar-refractivity contribution in [2.45, 2.75) is 38.4 Å². The number of hydrogen-bond acceptors (Lipinski definition) is 3. The van der Waals surface area contributed by atoms with Crippen LogP contribution in [0.2, 0.25) is 0 Å². The molecule has 0 bridgehead atoms. The van der Waals surface area contributed by atoms with Gasteiger partial charge in [0.15, 0.2) is 0 Å². The lowest BCUT2D eigenvalue weighted by molar-refractivity contribution is -0.137. The predicted molar refractivity (Wildman–Crippen MR) is 62.0 cm³/mol. The van der Waals surface area contributed by atoms with Gasteiger partial charge in [0.1, 0.15) is 0 Å². The van der Waals surface area contributed by atoms with Crippen molar-refractivity contribution in [3.8, 4) is 0 Å². The summed E-state index contributed by atoms with van der Waals surface area (Å²) in [6, 6.07) is 0. The average Bonchev–Trinajstić information content (AvgIpc) is 2.23. The van der Waals surface area contributed by atoms with Crippen LogP contribution in [0.5, 0.6) is 0 Å². The second kappa shape index (κ2) is 7.18. The molecular formula is C11H23F3N2O. The first-order chi connectivity index (χ1) is 7.72. The third-order valence-corrected chi connectivity index (χ3v) is 2.77. The first-order valence-corrected chi connectivity index (χ1v) is 5.83. The molecule has 1 atom stereocenters.